The zero-order valence-corrected chi connectivity index (χ0v) is 17.4. The van der Waals surface area contributed by atoms with Crippen LogP contribution < -0.4 is 5.32 Å². The predicted octanol–water partition coefficient (Wildman–Crippen LogP) is 7.53. The second kappa shape index (κ2) is 7.22. The molecule has 2 aromatic carbocycles. The third-order valence-corrected chi connectivity index (χ3v) is 6.95. The van der Waals surface area contributed by atoms with E-state index in [1.165, 1.54) is 29.7 Å². The Labute approximate surface area is 174 Å². The largest absolute Gasteiger partial charge is 0.356 e. The van der Waals surface area contributed by atoms with E-state index in [1.54, 1.807) is 11.1 Å². The summed E-state index contributed by atoms with van der Waals surface area (Å²) in [7, 11) is 0. The molecule has 2 unspecified atom stereocenters. The summed E-state index contributed by atoms with van der Waals surface area (Å²) in [6, 6.07) is 19.3. The fourth-order valence-corrected chi connectivity index (χ4v) is 5.48. The fourth-order valence-electron chi connectivity index (χ4n) is 5.48. The molecule has 0 spiro atoms. The standard InChI is InChI=1S/C28H29N/c1-28(2)26-15-8-4-7-14-24(26)25-17-16-23(19-27(25)28)29-22-13-9-12-21(18-22)20-10-5-3-6-11-20/h3-6,8-13,15-16,18-19,24-25,29H,7,14,17H2,1-2H3. The maximum Gasteiger partial charge on any atom is 0.0390 e. The second-order valence-corrected chi connectivity index (χ2v) is 9.03. The Hall–Kier alpha value is -2.80. The number of fused-ring (bicyclic) bond motifs is 3. The van der Waals surface area contributed by atoms with Crippen molar-refractivity contribution in [3.63, 3.8) is 0 Å². The van der Waals surface area contributed by atoms with Gasteiger partial charge in [0.2, 0.25) is 0 Å². The van der Waals surface area contributed by atoms with Crippen LogP contribution in [0, 0.1) is 17.3 Å². The highest BCUT2D eigenvalue weighted by Gasteiger charge is 2.47. The average molecular weight is 380 g/mol. The third-order valence-electron chi connectivity index (χ3n) is 6.95. The molecule has 2 aromatic rings. The first-order chi connectivity index (χ1) is 14.1. The van der Waals surface area contributed by atoms with Gasteiger partial charge in [-0.25, -0.2) is 0 Å². The zero-order chi connectivity index (χ0) is 19.8. The van der Waals surface area contributed by atoms with Crippen LogP contribution in [0.15, 0.2) is 102 Å². The van der Waals surface area contributed by atoms with Crippen molar-refractivity contribution in [1.29, 1.82) is 0 Å². The normalized spacial score (nSPS) is 24.6. The van der Waals surface area contributed by atoms with Crippen LogP contribution in [0.4, 0.5) is 5.69 Å². The van der Waals surface area contributed by atoms with Gasteiger partial charge in [0, 0.05) is 16.8 Å². The Morgan fingerprint density at radius 2 is 1.72 bits per heavy atom. The maximum absolute atomic E-state index is 3.69. The quantitative estimate of drug-likeness (QED) is 0.581. The van der Waals surface area contributed by atoms with Gasteiger partial charge >= 0.3 is 0 Å². The van der Waals surface area contributed by atoms with Crippen molar-refractivity contribution < 1.29 is 0 Å². The van der Waals surface area contributed by atoms with Crippen molar-refractivity contribution in [3.05, 3.63) is 102 Å². The van der Waals surface area contributed by atoms with Gasteiger partial charge in [-0.05, 0) is 60.4 Å². The van der Waals surface area contributed by atoms with Crippen LogP contribution in [-0.4, -0.2) is 0 Å². The van der Waals surface area contributed by atoms with Gasteiger partial charge in [-0.2, -0.15) is 0 Å². The molecule has 1 saturated carbocycles. The molecule has 0 aromatic heterocycles. The SMILES string of the molecule is CC1(C)C2=CC(Nc3cccc(-c4ccccc4)c3)=CCC2C2CCC=CC=C21. The van der Waals surface area contributed by atoms with Gasteiger partial charge in [0.05, 0.1) is 0 Å². The monoisotopic (exact) mass is 379 g/mol. The Balaban J connectivity index is 1.42. The smallest absolute Gasteiger partial charge is 0.0390 e. The van der Waals surface area contributed by atoms with Gasteiger partial charge < -0.3 is 5.32 Å². The lowest BCUT2D eigenvalue weighted by atomic mass is 9.79. The van der Waals surface area contributed by atoms with Gasteiger partial charge in [-0.3, -0.25) is 0 Å². The molecule has 1 nitrogen and oxygen atoms in total. The summed E-state index contributed by atoms with van der Waals surface area (Å²) < 4.78 is 0. The average Bonchev–Trinajstić information content (AvgIpc) is 2.91. The van der Waals surface area contributed by atoms with Gasteiger partial charge in [-0.1, -0.05) is 91.8 Å². The van der Waals surface area contributed by atoms with Crippen molar-refractivity contribution in [2.45, 2.75) is 33.1 Å². The summed E-state index contributed by atoms with van der Waals surface area (Å²) in [5.74, 6) is 1.36. The maximum atomic E-state index is 3.69. The van der Waals surface area contributed by atoms with Crippen molar-refractivity contribution in [2.24, 2.45) is 17.3 Å². The molecule has 0 saturated heterocycles. The Morgan fingerprint density at radius 1 is 0.897 bits per heavy atom. The van der Waals surface area contributed by atoms with Crippen LogP contribution in [0.2, 0.25) is 0 Å². The number of nitrogens with one attached hydrogen (secondary N) is 1. The van der Waals surface area contributed by atoms with E-state index in [1.807, 2.05) is 0 Å². The number of allylic oxidation sites excluding steroid dienone is 7. The molecule has 0 radical (unpaired) electrons. The summed E-state index contributed by atoms with van der Waals surface area (Å²) in [4.78, 5) is 0. The van der Waals surface area contributed by atoms with Gasteiger partial charge in [0.15, 0.2) is 0 Å². The number of anilines is 1. The number of hydrogen-bond donors (Lipinski definition) is 1. The van der Waals surface area contributed by atoms with Crippen molar-refractivity contribution in [3.8, 4) is 11.1 Å². The summed E-state index contributed by atoms with van der Waals surface area (Å²) >= 11 is 0. The summed E-state index contributed by atoms with van der Waals surface area (Å²) in [6.45, 7) is 4.82. The molecular formula is C28H29N. The summed E-state index contributed by atoms with van der Waals surface area (Å²) in [5.41, 5.74) is 8.28. The van der Waals surface area contributed by atoms with Gasteiger partial charge in [0.25, 0.3) is 0 Å². The topological polar surface area (TPSA) is 12.0 Å². The minimum atomic E-state index is 0.150. The van der Waals surface area contributed by atoms with E-state index in [2.05, 4.69) is 104 Å². The molecular weight excluding hydrogens is 350 g/mol. The van der Waals surface area contributed by atoms with E-state index in [0.29, 0.717) is 11.8 Å². The molecule has 29 heavy (non-hydrogen) atoms. The number of benzene rings is 2. The molecule has 1 N–H and O–H groups in total. The van der Waals surface area contributed by atoms with Crippen molar-refractivity contribution in [1.82, 2.24) is 0 Å². The minimum absolute atomic E-state index is 0.150. The third kappa shape index (κ3) is 3.29. The fraction of sp³-hybridized carbons (Fsp3) is 0.286. The van der Waals surface area contributed by atoms with Crippen LogP contribution >= 0.6 is 0 Å². The second-order valence-electron chi connectivity index (χ2n) is 9.03. The highest BCUT2D eigenvalue weighted by atomic mass is 14.9. The highest BCUT2D eigenvalue weighted by molar-refractivity contribution is 5.69. The molecule has 146 valence electrons. The molecule has 1 heteroatoms. The van der Waals surface area contributed by atoms with Gasteiger partial charge in [0.1, 0.15) is 0 Å². The van der Waals surface area contributed by atoms with E-state index >= 15 is 0 Å². The highest BCUT2D eigenvalue weighted by Crippen LogP contribution is 2.58. The Bertz CT molecular complexity index is 1030. The summed E-state index contributed by atoms with van der Waals surface area (Å²) in [6.07, 6.45) is 15.5. The first-order valence-electron chi connectivity index (χ1n) is 10.8. The molecule has 1 fully saturated rings. The molecule has 5 rings (SSSR count). The number of rotatable bonds is 3. The lowest BCUT2D eigenvalue weighted by molar-refractivity contribution is 0.450. The van der Waals surface area contributed by atoms with Crippen LogP contribution in [-0.2, 0) is 0 Å². The van der Waals surface area contributed by atoms with E-state index in [-0.39, 0.29) is 5.41 Å². The predicted molar refractivity (Wildman–Crippen MR) is 124 cm³/mol. The molecule has 0 heterocycles. The van der Waals surface area contributed by atoms with E-state index in [0.717, 1.165) is 12.1 Å². The molecule has 3 aliphatic rings. The lowest BCUT2D eigenvalue weighted by Gasteiger charge is -2.27. The molecule has 2 atom stereocenters. The molecule has 3 aliphatic carbocycles. The first-order valence-corrected chi connectivity index (χ1v) is 10.8. The van der Waals surface area contributed by atoms with Crippen LogP contribution in [0.5, 0.6) is 0 Å². The minimum Gasteiger partial charge on any atom is -0.356 e. The van der Waals surface area contributed by atoms with E-state index < -0.39 is 0 Å². The lowest BCUT2D eigenvalue weighted by Crippen LogP contribution is -2.16. The summed E-state index contributed by atoms with van der Waals surface area (Å²) in [5, 5.41) is 3.69. The Kier molecular flexibility index (Phi) is 4.54. The molecule has 0 amide bonds. The van der Waals surface area contributed by atoms with Crippen LogP contribution in [0.25, 0.3) is 11.1 Å². The zero-order valence-electron chi connectivity index (χ0n) is 17.4. The van der Waals surface area contributed by atoms with E-state index in [9.17, 15) is 0 Å². The number of hydrogen-bond acceptors (Lipinski definition) is 1. The van der Waals surface area contributed by atoms with E-state index in [4.69, 9.17) is 0 Å². The van der Waals surface area contributed by atoms with Crippen LogP contribution in [0.1, 0.15) is 33.1 Å². The van der Waals surface area contributed by atoms with Crippen molar-refractivity contribution in [2.75, 3.05) is 5.32 Å². The first kappa shape index (κ1) is 18.2. The van der Waals surface area contributed by atoms with Crippen molar-refractivity contribution >= 4 is 5.69 Å². The van der Waals surface area contributed by atoms with Crippen LogP contribution in [0.3, 0.4) is 0 Å². The Morgan fingerprint density at radius 3 is 2.59 bits per heavy atom. The molecule has 0 aliphatic heterocycles. The van der Waals surface area contributed by atoms with Gasteiger partial charge in [-0.15, -0.1) is 0 Å². The molecule has 0 bridgehead atoms.